The molecule has 0 aromatic heterocycles. The molecule has 3 rings (SSSR count). The second-order valence-corrected chi connectivity index (χ2v) is 6.42. The van der Waals surface area contributed by atoms with Gasteiger partial charge in [-0.15, -0.1) is 24.0 Å². The molecule has 2 fully saturated rings. The summed E-state index contributed by atoms with van der Waals surface area (Å²) in [6, 6.07) is 9.34. The number of aliphatic imine (C=N–C) groups is 1. The number of hydrogen-bond donors (Lipinski definition) is 2. The smallest absolute Gasteiger partial charge is 0.191 e. The van der Waals surface area contributed by atoms with E-state index in [0.29, 0.717) is 12.6 Å². The van der Waals surface area contributed by atoms with Crippen molar-refractivity contribution in [2.75, 3.05) is 37.7 Å². The molecule has 1 saturated heterocycles. The maximum atomic E-state index is 5.40. The number of rotatable bonds is 5. The molecule has 0 bridgehead atoms. The second-order valence-electron chi connectivity index (χ2n) is 6.42. The lowest BCUT2D eigenvalue weighted by atomic mass is 10.2. The summed E-state index contributed by atoms with van der Waals surface area (Å²) >= 11 is 0. The maximum absolute atomic E-state index is 5.40. The summed E-state index contributed by atoms with van der Waals surface area (Å²) in [5, 5.41) is 6.82. The first-order chi connectivity index (χ1) is 11.3. The predicted octanol–water partition coefficient (Wildman–Crippen LogP) is 2.60. The molecule has 2 N–H and O–H groups in total. The molecule has 2 unspecified atom stereocenters. The summed E-state index contributed by atoms with van der Waals surface area (Å²) in [6.45, 7) is 9.57. The van der Waals surface area contributed by atoms with Crippen molar-refractivity contribution in [3.05, 3.63) is 29.8 Å². The molecular weight excluding hydrogens is 415 g/mol. The van der Waals surface area contributed by atoms with Crippen molar-refractivity contribution < 1.29 is 4.74 Å². The Morgan fingerprint density at radius 2 is 1.92 bits per heavy atom. The third-order valence-corrected chi connectivity index (χ3v) is 4.51. The lowest BCUT2D eigenvalue weighted by molar-refractivity contribution is 0.122. The predicted molar refractivity (Wildman–Crippen MR) is 110 cm³/mol. The molecule has 0 spiro atoms. The fourth-order valence-electron chi connectivity index (χ4n) is 2.82. The van der Waals surface area contributed by atoms with Gasteiger partial charge in [-0.2, -0.15) is 0 Å². The summed E-state index contributed by atoms with van der Waals surface area (Å²) in [7, 11) is 0. The van der Waals surface area contributed by atoms with Crippen molar-refractivity contribution in [3.63, 3.8) is 0 Å². The van der Waals surface area contributed by atoms with Crippen molar-refractivity contribution in [2.45, 2.75) is 32.9 Å². The van der Waals surface area contributed by atoms with E-state index < -0.39 is 0 Å². The average molecular weight is 444 g/mol. The molecule has 1 aromatic rings. The van der Waals surface area contributed by atoms with Crippen LogP contribution >= 0.6 is 24.0 Å². The van der Waals surface area contributed by atoms with Gasteiger partial charge in [-0.3, -0.25) is 0 Å². The minimum atomic E-state index is 0. The van der Waals surface area contributed by atoms with Gasteiger partial charge in [0.25, 0.3) is 0 Å². The van der Waals surface area contributed by atoms with Crippen LogP contribution in [-0.4, -0.2) is 44.8 Å². The van der Waals surface area contributed by atoms with E-state index in [2.05, 4.69) is 53.6 Å². The summed E-state index contributed by atoms with van der Waals surface area (Å²) in [6.07, 6.45) is 1.25. The van der Waals surface area contributed by atoms with E-state index in [1.165, 1.54) is 17.7 Å². The third kappa shape index (κ3) is 5.51. The van der Waals surface area contributed by atoms with Crippen LogP contribution in [0.1, 0.15) is 25.8 Å². The molecule has 2 aliphatic rings. The van der Waals surface area contributed by atoms with Gasteiger partial charge in [-0.1, -0.05) is 19.1 Å². The van der Waals surface area contributed by atoms with E-state index in [4.69, 9.17) is 9.73 Å². The highest BCUT2D eigenvalue weighted by Crippen LogP contribution is 2.28. The van der Waals surface area contributed by atoms with Gasteiger partial charge in [0, 0.05) is 31.4 Å². The first-order valence-corrected chi connectivity index (χ1v) is 8.72. The van der Waals surface area contributed by atoms with Crippen LogP contribution in [0.3, 0.4) is 0 Å². The highest BCUT2D eigenvalue weighted by atomic mass is 127. The van der Waals surface area contributed by atoms with Crippen molar-refractivity contribution in [1.82, 2.24) is 10.6 Å². The zero-order valence-corrected chi connectivity index (χ0v) is 17.0. The van der Waals surface area contributed by atoms with E-state index in [9.17, 15) is 0 Å². The van der Waals surface area contributed by atoms with Gasteiger partial charge in [0.05, 0.1) is 19.8 Å². The molecule has 0 amide bonds. The number of halogens is 1. The van der Waals surface area contributed by atoms with Crippen molar-refractivity contribution in [3.8, 4) is 0 Å². The Balaban J connectivity index is 0.00000208. The zero-order valence-electron chi connectivity index (χ0n) is 14.6. The SMILES string of the molecule is CCNC(=NCc1ccc(N2CCOCC2)cc1)NC1CC1C.I. The number of hydrogen-bond acceptors (Lipinski definition) is 3. The minimum Gasteiger partial charge on any atom is -0.378 e. The number of nitrogens with one attached hydrogen (secondary N) is 2. The van der Waals surface area contributed by atoms with Gasteiger partial charge in [0.1, 0.15) is 0 Å². The zero-order chi connectivity index (χ0) is 16.1. The fraction of sp³-hybridized carbons (Fsp3) is 0.611. The highest BCUT2D eigenvalue weighted by molar-refractivity contribution is 14.0. The summed E-state index contributed by atoms with van der Waals surface area (Å²) in [4.78, 5) is 7.07. The fourth-order valence-corrected chi connectivity index (χ4v) is 2.82. The Hall–Kier alpha value is -1.02. The van der Waals surface area contributed by atoms with Crippen LogP contribution in [0, 0.1) is 5.92 Å². The minimum absolute atomic E-state index is 0. The van der Waals surface area contributed by atoms with Gasteiger partial charge < -0.3 is 20.3 Å². The quantitative estimate of drug-likeness (QED) is 0.417. The van der Waals surface area contributed by atoms with E-state index >= 15 is 0 Å². The summed E-state index contributed by atoms with van der Waals surface area (Å²) in [5.74, 6) is 1.70. The van der Waals surface area contributed by atoms with E-state index in [-0.39, 0.29) is 24.0 Å². The molecule has 0 radical (unpaired) electrons. The maximum Gasteiger partial charge on any atom is 0.191 e. The lowest BCUT2D eigenvalue weighted by Crippen LogP contribution is -2.39. The van der Waals surface area contributed by atoms with Crippen molar-refractivity contribution in [1.29, 1.82) is 0 Å². The Labute approximate surface area is 162 Å². The molecule has 1 saturated carbocycles. The molecule has 1 heterocycles. The molecule has 1 aliphatic heterocycles. The average Bonchev–Trinajstić information content (AvgIpc) is 3.29. The molecule has 134 valence electrons. The molecule has 6 heteroatoms. The van der Waals surface area contributed by atoms with Crippen LogP contribution in [0.4, 0.5) is 5.69 Å². The van der Waals surface area contributed by atoms with Crippen molar-refractivity contribution >= 4 is 35.6 Å². The Kier molecular flexibility index (Phi) is 7.61. The number of nitrogens with zero attached hydrogens (tertiary/aromatic N) is 2. The number of benzene rings is 1. The number of morpholine rings is 1. The van der Waals surface area contributed by atoms with Gasteiger partial charge in [0.2, 0.25) is 0 Å². The highest BCUT2D eigenvalue weighted by Gasteiger charge is 2.33. The van der Waals surface area contributed by atoms with Crippen LogP contribution in [0.15, 0.2) is 29.3 Å². The summed E-state index contributed by atoms with van der Waals surface area (Å²) in [5.41, 5.74) is 2.51. The number of guanidine groups is 1. The third-order valence-electron chi connectivity index (χ3n) is 4.51. The van der Waals surface area contributed by atoms with E-state index in [1.807, 2.05) is 0 Å². The first kappa shape index (κ1) is 19.3. The first-order valence-electron chi connectivity index (χ1n) is 8.72. The summed E-state index contributed by atoms with van der Waals surface area (Å²) < 4.78 is 5.40. The molecule has 24 heavy (non-hydrogen) atoms. The topological polar surface area (TPSA) is 48.9 Å². The Morgan fingerprint density at radius 1 is 1.25 bits per heavy atom. The van der Waals surface area contributed by atoms with Crippen LogP contribution in [0.5, 0.6) is 0 Å². The van der Waals surface area contributed by atoms with Gasteiger partial charge >= 0.3 is 0 Å². The largest absolute Gasteiger partial charge is 0.378 e. The van der Waals surface area contributed by atoms with Gasteiger partial charge in [-0.25, -0.2) is 4.99 Å². The standard InChI is InChI=1S/C18H28N4O.HI/c1-3-19-18(21-17-12-14(17)2)20-13-15-4-6-16(7-5-15)22-8-10-23-11-9-22;/h4-7,14,17H,3,8-13H2,1-2H3,(H2,19,20,21);1H. The molecule has 5 nitrogen and oxygen atoms in total. The molecular formula is C18H29IN4O. The number of anilines is 1. The molecule has 1 aromatic carbocycles. The van der Waals surface area contributed by atoms with Crippen LogP contribution in [0.2, 0.25) is 0 Å². The van der Waals surface area contributed by atoms with E-state index in [1.54, 1.807) is 0 Å². The van der Waals surface area contributed by atoms with Crippen LogP contribution < -0.4 is 15.5 Å². The normalized spacial score (nSPS) is 23.4. The van der Waals surface area contributed by atoms with Crippen LogP contribution in [0.25, 0.3) is 0 Å². The molecule has 2 atom stereocenters. The van der Waals surface area contributed by atoms with Gasteiger partial charge in [0.15, 0.2) is 5.96 Å². The molecule has 1 aliphatic carbocycles. The van der Waals surface area contributed by atoms with Crippen LogP contribution in [-0.2, 0) is 11.3 Å². The second kappa shape index (κ2) is 9.46. The Bertz CT molecular complexity index is 528. The lowest BCUT2D eigenvalue weighted by Gasteiger charge is -2.28. The Morgan fingerprint density at radius 3 is 2.50 bits per heavy atom. The number of ether oxygens (including phenoxy) is 1. The monoisotopic (exact) mass is 444 g/mol. The van der Waals surface area contributed by atoms with Gasteiger partial charge in [-0.05, 0) is 37.0 Å². The van der Waals surface area contributed by atoms with E-state index in [0.717, 1.165) is 44.7 Å². The van der Waals surface area contributed by atoms with Crippen molar-refractivity contribution in [2.24, 2.45) is 10.9 Å².